The van der Waals surface area contributed by atoms with E-state index in [-0.39, 0.29) is 17.8 Å². The van der Waals surface area contributed by atoms with Crippen LogP contribution in [0.15, 0.2) is 42.5 Å². The van der Waals surface area contributed by atoms with Gasteiger partial charge in [-0.25, -0.2) is 4.39 Å². The van der Waals surface area contributed by atoms with E-state index >= 15 is 0 Å². The monoisotopic (exact) mass is 412 g/mol. The van der Waals surface area contributed by atoms with Crippen molar-refractivity contribution < 1.29 is 18.7 Å². The number of nitrogens with zero attached hydrogens (tertiary/aromatic N) is 2. The number of carbonyl (C=O) groups is 1. The fraction of sp³-hybridized carbons (Fsp3) is 0.458. The smallest absolute Gasteiger partial charge is 0.237 e. The summed E-state index contributed by atoms with van der Waals surface area (Å²) in [6.45, 7) is 5.57. The summed E-state index contributed by atoms with van der Waals surface area (Å²) < 4.78 is 25.1. The highest BCUT2D eigenvalue weighted by molar-refractivity contribution is 5.78. The molecule has 1 atom stereocenters. The molecule has 1 fully saturated rings. The molecule has 0 saturated carbocycles. The molecule has 2 aromatic rings. The first-order valence-electron chi connectivity index (χ1n) is 10.8. The zero-order chi connectivity index (χ0) is 20.9. The molecule has 30 heavy (non-hydrogen) atoms. The number of likely N-dealkylation sites (tertiary alicyclic amines) is 1. The molecule has 1 saturated heterocycles. The summed E-state index contributed by atoms with van der Waals surface area (Å²) in [4.78, 5) is 17.1. The number of carbonyl (C=O) groups excluding carboxylic acids is 1. The summed E-state index contributed by atoms with van der Waals surface area (Å²) in [5.41, 5.74) is 1.98. The van der Waals surface area contributed by atoms with Crippen molar-refractivity contribution in [2.75, 3.05) is 32.8 Å². The van der Waals surface area contributed by atoms with Crippen molar-refractivity contribution in [2.45, 2.75) is 38.8 Å². The van der Waals surface area contributed by atoms with Crippen LogP contribution >= 0.6 is 0 Å². The van der Waals surface area contributed by atoms with Crippen LogP contribution in [0.5, 0.6) is 11.5 Å². The number of halogens is 1. The Bertz CT molecular complexity index is 889. The summed E-state index contributed by atoms with van der Waals surface area (Å²) >= 11 is 0. The van der Waals surface area contributed by atoms with Crippen LogP contribution in [0, 0.1) is 5.82 Å². The maximum absolute atomic E-state index is 13.5. The van der Waals surface area contributed by atoms with Crippen LogP contribution in [0.2, 0.25) is 0 Å². The van der Waals surface area contributed by atoms with Crippen molar-refractivity contribution in [3.63, 3.8) is 0 Å². The molecule has 0 N–H and O–H groups in total. The number of benzene rings is 2. The van der Waals surface area contributed by atoms with Crippen molar-refractivity contribution in [3.8, 4) is 11.5 Å². The molecule has 0 radical (unpaired) electrons. The average molecular weight is 413 g/mol. The van der Waals surface area contributed by atoms with Gasteiger partial charge in [0.15, 0.2) is 11.5 Å². The van der Waals surface area contributed by atoms with Crippen LogP contribution < -0.4 is 9.47 Å². The molecule has 4 rings (SSSR count). The van der Waals surface area contributed by atoms with E-state index in [1.54, 1.807) is 11.0 Å². The molecule has 5 nitrogen and oxygen atoms in total. The van der Waals surface area contributed by atoms with Gasteiger partial charge < -0.3 is 14.4 Å². The van der Waals surface area contributed by atoms with Crippen molar-refractivity contribution in [1.82, 2.24) is 9.80 Å². The normalized spacial score (nSPS) is 18.8. The van der Waals surface area contributed by atoms with Crippen molar-refractivity contribution in [3.05, 3.63) is 59.4 Å². The molecule has 0 unspecified atom stereocenters. The van der Waals surface area contributed by atoms with Gasteiger partial charge in [-0.1, -0.05) is 18.2 Å². The van der Waals surface area contributed by atoms with Crippen LogP contribution in [-0.2, 0) is 11.3 Å². The van der Waals surface area contributed by atoms with Gasteiger partial charge in [-0.05, 0) is 61.7 Å². The lowest BCUT2D eigenvalue weighted by atomic mass is 10.0. The minimum Gasteiger partial charge on any atom is -0.490 e. The van der Waals surface area contributed by atoms with Gasteiger partial charge in [-0.3, -0.25) is 9.69 Å². The number of ether oxygens (including phenoxy) is 2. The van der Waals surface area contributed by atoms with E-state index in [9.17, 15) is 9.18 Å². The largest absolute Gasteiger partial charge is 0.490 e. The third-order valence-electron chi connectivity index (χ3n) is 5.86. The predicted octanol–water partition coefficient (Wildman–Crippen LogP) is 4.17. The Morgan fingerprint density at radius 1 is 1.13 bits per heavy atom. The van der Waals surface area contributed by atoms with Crippen LogP contribution in [-0.4, -0.2) is 48.6 Å². The van der Waals surface area contributed by atoms with Crippen molar-refractivity contribution in [1.29, 1.82) is 0 Å². The van der Waals surface area contributed by atoms with Gasteiger partial charge in [-0.15, -0.1) is 0 Å². The molecule has 0 spiro atoms. The zero-order valence-electron chi connectivity index (χ0n) is 17.5. The number of rotatable bonds is 6. The molecule has 2 aromatic carbocycles. The van der Waals surface area contributed by atoms with Crippen molar-refractivity contribution >= 4 is 5.91 Å². The number of hydrogen-bond acceptors (Lipinski definition) is 4. The molecule has 0 aliphatic carbocycles. The van der Waals surface area contributed by atoms with Gasteiger partial charge >= 0.3 is 0 Å². The lowest BCUT2D eigenvalue weighted by Crippen LogP contribution is -2.39. The summed E-state index contributed by atoms with van der Waals surface area (Å²) in [6, 6.07) is 12.8. The molecule has 160 valence electrons. The van der Waals surface area contributed by atoms with Crippen LogP contribution in [0.4, 0.5) is 4.39 Å². The van der Waals surface area contributed by atoms with Gasteiger partial charge in [0.25, 0.3) is 0 Å². The maximum Gasteiger partial charge on any atom is 0.237 e. The SMILES string of the molecule is CCN(Cc1cccc(F)c1)C(=O)CN1CCC[C@@H]1c1ccc2c(c1)OCCCO2. The zero-order valence-corrected chi connectivity index (χ0v) is 17.5. The van der Waals surface area contributed by atoms with E-state index < -0.39 is 0 Å². The standard InChI is InChI=1S/C24H29FN2O3/c1-2-26(16-18-6-3-7-20(25)14-18)24(28)17-27-11-4-8-21(27)19-9-10-22-23(15-19)30-13-5-12-29-22/h3,6-7,9-10,14-15,21H,2,4-5,8,11-13,16-17H2,1H3/t21-/m1/s1. The molecule has 1 amide bonds. The number of fused-ring (bicyclic) bond motifs is 1. The Balaban J connectivity index is 1.44. The minimum atomic E-state index is -0.273. The highest BCUT2D eigenvalue weighted by Crippen LogP contribution is 2.37. The highest BCUT2D eigenvalue weighted by Gasteiger charge is 2.29. The molecule has 0 bridgehead atoms. The third-order valence-corrected chi connectivity index (χ3v) is 5.86. The van der Waals surface area contributed by atoms with Gasteiger partial charge in [0.05, 0.1) is 19.8 Å². The number of likely N-dealkylation sites (N-methyl/N-ethyl adjacent to an activating group) is 1. The maximum atomic E-state index is 13.5. The first-order chi connectivity index (χ1) is 14.6. The molecule has 2 aliphatic rings. The Kier molecular flexibility index (Phi) is 6.53. The lowest BCUT2D eigenvalue weighted by molar-refractivity contribution is -0.133. The second kappa shape index (κ2) is 9.47. The van der Waals surface area contributed by atoms with Gasteiger partial charge in [0.1, 0.15) is 5.82 Å². The summed E-state index contributed by atoms with van der Waals surface area (Å²) in [6.07, 6.45) is 2.96. The first-order valence-corrected chi connectivity index (χ1v) is 10.8. The average Bonchev–Trinajstić information content (AvgIpc) is 3.07. The lowest BCUT2D eigenvalue weighted by Gasteiger charge is -2.28. The molecule has 2 aliphatic heterocycles. The van der Waals surface area contributed by atoms with E-state index in [1.165, 1.54) is 12.1 Å². The Morgan fingerprint density at radius 3 is 2.77 bits per heavy atom. The van der Waals surface area contributed by atoms with Crippen LogP contribution in [0.1, 0.15) is 43.4 Å². The molecule has 6 heteroatoms. The number of amides is 1. The molecular weight excluding hydrogens is 383 g/mol. The molecule has 0 aromatic heterocycles. The summed E-state index contributed by atoms with van der Waals surface area (Å²) in [7, 11) is 0. The predicted molar refractivity (Wildman–Crippen MR) is 113 cm³/mol. The molecular formula is C24H29FN2O3. The second-order valence-corrected chi connectivity index (χ2v) is 7.92. The summed E-state index contributed by atoms with van der Waals surface area (Å²) in [5.74, 6) is 1.39. The summed E-state index contributed by atoms with van der Waals surface area (Å²) in [5, 5.41) is 0. The van der Waals surface area contributed by atoms with Gasteiger partial charge in [0.2, 0.25) is 5.91 Å². The van der Waals surface area contributed by atoms with E-state index in [1.807, 2.05) is 19.1 Å². The van der Waals surface area contributed by atoms with E-state index in [4.69, 9.17) is 9.47 Å². The van der Waals surface area contributed by atoms with Gasteiger partial charge in [0, 0.05) is 25.6 Å². The fourth-order valence-corrected chi connectivity index (χ4v) is 4.29. The fourth-order valence-electron chi connectivity index (χ4n) is 4.29. The first kappa shape index (κ1) is 20.7. The van der Waals surface area contributed by atoms with E-state index in [0.29, 0.717) is 32.8 Å². The Hall–Kier alpha value is -2.60. The van der Waals surface area contributed by atoms with Gasteiger partial charge in [-0.2, -0.15) is 0 Å². The molecule has 2 heterocycles. The Morgan fingerprint density at radius 2 is 1.97 bits per heavy atom. The Labute approximate surface area is 177 Å². The quantitative estimate of drug-likeness (QED) is 0.714. The highest BCUT2D eigenvalue weighted by atomic mass is 19.1. The number of hydrogen-bond donors (Lipinski definition) is 0. The van der Waals surface area contributed by atoms with Crippen LogP contribution in [0.3, 0.4) is 0 Å². The van der Waals surface area contributed by atoms with E-state index in [2.05, 4.69) is 17.0 Å². The van der Waals surface area contributed by atoms with E-state index in [0.717, 1.165) is 48.4 Å². The minimum absolute atomic E-state index is 0.0722. The second-order valence-electron chi connectivity index (χ2n) is 7.92. The van der Waals surface area contributed by atoms with Crippen molar-refractivity contribution in [2.24, 2.45) is 0 Å². The third kappa shape index (κ3) is 4.75. The van der Waals surface area contributed by atoms with Crippen LogP contribution in [0.25, 0.3) is 0 Å². The topological polar surface area (TPSA) is 42.0 Å².